The zero-order chi connectivity index (χ0) is 36.1. The Kier molecular flexibility index (Phi) is 13.8. The highest BCUT2D eigenvalue weighted by Gasteiger charge is 2.42. The van der Waals surface area contributed by atoms with Crippen molar-refractivity contribution in [2.75, 3.05) is 32.7 Å². The largest absolute Gasteiger partial charge is 0.493 e. The van der Waals surface area contributed by atoms with Crippen LogP contribution in [0.2, 0.25) is 0 Å². The van der Waals surface area contributed by atoms with Crippen LogP contribution < -0.4 is 14.8 Å². The number of methoxy groups -OCH3 is 2. The number of benzene rings is 1. The molecule has 49 heavy (non-hydrogen) atoms. The summed E-state index contributed by atoms with van der Waals surface area (Å²) >= 11 is 0. The normalized spacial score (nSPS) is 14.9. The number of nitrogens with one attached hydrogen (secondary N) is 1. The first-order valence-corrected chi connectivity index (χ1v) is 15.8. The summed E-state index contributed by atoms with van der Waals surface area (Å²) in [5.74, 6) is -3.71. The molecular weight excluding hydrogens is 638 g/mol. The number of nitrogens with zero attached hydrogens (tertiary/aromatic N) is 2. The van der Waals surface area contributed by atoms with E-state index in [4.69, 9.17) is 24.1 Å². The van der Waals surface area contributed by atoms with Gasteiger partial charge in [0, 0.05) is 30.8 Å². The molecular formula is C35H43N3O11. The number of amides is 2. The highest BCUT2D eigenvalue weighted by atomic mass is 16.5. The van der Waals surface area contributed by atoms with E-state index < -0.39 is 53.1 Å². The van der Waals surface area contributed by atoms with E-state index in [0.717, 1.165) is 11.6 Å². The maximum atomic E-state index is 13.8. The van der Waals surface area contributed by atoms with Crippen LogP contribution in [0.5, 0.6) is 11.5 Å². The number of carboxylic acids is 1. The van der Waals surface area contributed by atoms with Gasteiger partial charge >= 0.3 is 17.9 Å². The number of hydrogen-bond donors (Lipinski definition) is 2. The van der Waals surface area contributed by atoms with Crippen LogP contribution in [0.4, 0.5) is 5.69 Å². The number of likely N-dealkylation sites (tertiary alicyclic amines) is 1. The van der Waals surface area contributed by atoms with Crippen LogP contribution in [-0.2, 0) is 44.7 Å². The predicted octanol–water partition coefficient (Wildman–Crippen LogP) is 3.82. The Morgan fingerprint density at radius 1 is 1.06 bits per heavy atom. The Bertz CT molecular complexity index is 1550. The van der Waals surface area contributed by atoms with E-state index in [1.165, 1.54) is 45.4 Å². The lowest BCUT2D eigenvalue weighted by Gasteiger charge is -2.36. The van der Waals surface area contributed by atoms with Gasteiger partial charge in [-0.15, -0.1) is 0 Å². The first kappa shape index (κ1) is 38.2. The van der Waals surface area contributed by atoms with Crippen molar-refractivity contribution < 1.29 is 52.8 Å². The van der Waals surface area contributed by atoms with Crippen LogP contribution in [0.15, 0.2) is 49.3 Å². The molecule has 14 nitrogen and oxygen atoms in total. The third kappa shape index (κ3) is 10.9. The molecule has 0 spiro atoms. The summed E-state index contributed by atoms with van der Waals surface area (Å²) in [5, 5.41) is 11.5. The lowest BCUT2D eigenvalue weighted by molar-refractivity contribution is -0.165. The monoisotopic (exact) mass is 681 g/mol. The number of carbonyl (C=O) groups excluding carboxylic acids is 5. The van der Waals surface area contributed by atoms with Gasteiger partial charge in [-0.1, -0.05) is 12.6 Å². The van der Waals surface area contributed by atoms with E-state index in [2.05, 4.69) is 16.9 Å². The smallest absolute Gasteiger partial charge is 0.330 e. The number of ketones is 1. The summed E-state index contributed by atoms with van der Waals surface area (Å²) in [6, 6.07) is 5.94. The molecule has 0 saturated carbocycles. The molecule has 2 atom stereocenters. The van der Waals surface area contributed by atoms with Crippen molar-refractivity contribution in [2.24, 2.45) is 5.41 Å². The number of hydrogen-bond acceptors (Lipinski definition) is 11. The van der Waals surface area contributed by atoms with E-state index in [1.807, 2.05) is 6.07 Å². The third-order valence-electron chi connectivity index (χ3n) is 7.97. The van der Waals surface area contributed by atoms with Crippen LogP contribution in [0.3, 0.4) is 0 Å². The molecule has 1 unspecified atom stereocenters. The number of anilines is 1. The number of Topliss-reactive ketones (excluding diaryl/α,β-unsaturated/α-hetero) is 1. The van der Waals surface area contributed by atoms with E-state index in [1.54, 1.807) is 18.2 Å². The molecule has 1 aromatic heterocycles. The molecule has 1 fully saturated rings. The molecule has 1 saturated heterocycles. The molecule has 0 radical (unpaired) electrons. The van der Waals surface area contributed by atoms with E-state index in [9.17, 15) is 28.8 Å². The van der Waals surface area contributed by atoms with Crippen LogP contribution in [0.1, 0.15) is 69.6 Å². The quantitative estimate of drug-likeness (QED) is 0.140. The Morgan fingerprint density at radius 2 is 1.80 bits per heavy atom. The number of pyridine rings is 1. The summed E-state index contributed by atoms with van der Waals surface area (Å²) < 4.78 is 21.8. The molecule has 1 aromatic carbocycles. The van der Waals surface area contributed by atoms with Gasteiger partial charge in [0.2, 0.25) is 11.7 Å². The number of rotatable bonds is 17. The fourth-order valence-corrected chi connectivity index (χ4v) is 5.21. The maximum absolute atomic E-state index is 13.8. The van der Waals surface area contributed by atoms with Gasteiger partial charge in [-0.25, -0.2) is 9.59 Å². The summed E-state index contributed by atoms with van der Waals surface area (Å²) in [5.41, 5.74) is 0.216. The maximum Gasteiger partial charge on any atom is 0.330 e. The molecule has 1 aliphatic heterocycles. The molecule has 2 amide bonds. The highest BCUT2D eigenvalue weighted by Crippen LogP contribution is 2.32. The summed E-state index contributed by atoms with van der Waals surface area (Å²) in [4.78, 5) is 80.8. The minimum absolute atomic E-state index is 0.155. The number of ether oxygens (including phenoxy) is 4. The molecule has 0 bridgehead atoms. The molecule has 2 N–H and O–H groups in total. The van der Waals surface area contributed by atoms with Crippen molar-refractivity contribution >= 4 is 41.2 Å². The molecule has 0 aliphatic carbocycles. The van der Waals surface area contributed by atoms with Gasteiger partial charge in [0.25, 0.3) is 5.91 Å². The fraction of sp³-hybridized carbons (Fsp3) is 0.457. The number of aryl methyl sites for hydroxylation is 1. The summed E-state index contributed by atoms with van der Waals surface area (Å²) in [6.45, 7) is 6.09. The first-order chi connectivity index (χ1) is 23.3. The summed E-state index contributed by atoms with van der Waals surface area (Å²) in [7, 11) is 3.05. The second-order valence-corrected chi connectivity index (χ2v) is 12.1. The average molecular weight is 682 g/mol. The number of aliphatic carboxylic acids is 1. The minimum Gasteiger partial charge on any atom is -0.493 e. The van der Waals surface area contributed by atoms with Crippen molar-refractivity contribution in [1.82, 2.24) is 9.88 Å². The third-order valence-corrected chi connectivity index (χ3v) is 7.97. The number of piperidine rings is 1. The minimum atomic E-state index is -1.36. The molecule has 3 rings (SSSR count). The van der Waals surface area contributed by atoms with Gasteiger partial charge in [-0.3, -0.25) is 24.2 Å². The fourth-order valence-electron chi connectivity index (χ4n) is 5.21. The molecule has 14 heteroatoms. The average Bonchev–Trinajstić information content (AvgIpc) is 3.10. The van der Waals surface area contributed by atoms with Crippen LogP contribution in [0.25, 0.3) is 0 Å². The Hall–Kier alpha value is -5.27. The van der Waals surface area contributed by atoms with Gasteiger partial charge in [-0.2, -0.15) is 0 Å². The lowest BCUT2D eigenvalue weighted by Crippen LogP contribution is -2.53. The first-order valence-electron chi connectivity index (χ1n) is 15.8. The van der Waals surface area contributed by atoms with Crippen molar-refractivity contribution in [2.45, 2.75) is 70.9 Å². The Balaban J connectivity index is 1.86. The van der Waals surface area contributed by atoms with Gasteiger partial charge in [0.05, 0.1) is 37.9 Å². The Labute approximate surface area is 284 Å². The molecule has 2 heterocycles. The SMILES string of the molecule is C=CC(=O)OCC(C)(C)C(=O)C(=O)N1CCCC[C@H]1C(=O)OC(CCc1ccc(OC)c(OC)c1)c1cncc(NC(=O)CCC(=O)O)c1. The number of aromatic nitrogens is 1. The van der Waals surface area contributed by atoms with E-state index >= 15 is 0 Å². The standard InChI is InChI=1S/C35H43N3O11/c1-6-31(42)48-21-35(2,3)32(43)33(44)38-16-8-7-9-25(38)34(45)49-26(12-10-22-11-13-27(46-4)28(17-22)47-5)23-18-24(20-36-19-23)37-29(39)14-15-30(40)41/h6,11,13,17-20,25-26H,1,7-10,12,14-16,21H2,2-5H3,(H,37,39)(H,40,41)/t25-,26?/m0/s1. The number of carboxylic acid groups (broad SMARTS) is 1. The topological polar surface area (TPSA) is 188 Å². The molecule has 2 aromatic rings. The summed E-state index contributed by atoms with van der Waals surface area (Å²) in [6.07, 6.45) is 4.49. The van der Waals surface area contributed by atoms with Crippen LogP contribution in [-0.4, -0.2) is 83.9 Å². The molecule has 1 aliphatic rings. The predicted molar refractivity (Wildman–Crippen MR) is 176 cm³/mol. The zero-order valence-corrected chi connectivity index (χ0v) is 28.2. The van der Waals surface area contributed by atoms with Crippen molar-refractivity contribution in [3.8, 4) is 11.5 Å². The second kappa shape index (κ2) is 17.8. The van der Waals surface area contributed by atoms with Crippen LogP contribution >= 0.6 is 0 Å². The van der Waals surface area contributed by atoms with Crippen molar-refractivity contribution in [3.63, 3.8) is 0 Å². The highest BCUT2D eigenvalue weighted by molar-refractivity contribution is 6.38. The number of esters is 2. The van der Waals surface area contributed by atoms with Crippen molar-refractivity contribution in [3.05, 3.63) is 60.4 Å². The zero-order valence-electron chi connectivity index (χ0n) is 28.2. The van der Waals surface area contributed by atoms with Gasteiger partial charge in [0.15, 0.2) is 11.5 Å². The van der Waals surface area contributed by atoms with Crippen molar-refractivity contribution in [1.29, 1.82) is 0 Å². The van der Waals surface area contributed by atoms with Crippen LogP contribution in [0, 0.1) is 5.41 Å². The second-order valence-electron chi connectivity index (χ2n) is 12.1. The van der Waals surface area contributed by atoms with Gasteiger partial charge < -0.3 is 34.3 Å². The van der Waals surface area contributed by atoms with Gasteiger partial charge in [0.1, 0.15) is 18.8 Å². The number of carbonyl (C=O) groups is 6. The lowest BCUT2D eigenvalue weighted by atomic mass is 9.87. The molecule has 264 valence electrons. The van der Waals surface area contributed by atoms with Gasteiger partial charge in [-0.05, 0) is 69.7 Å². The van der Waals surface area contributed by atoms with E-state index in [-0.39, 0.29) is 44.5 Å². The Morgan fingerprint density at radius 3 is 2.47 bits per heavy atom. The van der Waals surface area contributed by atoms with E-state index in [0.29, 0.717) is 36.3 Å².